The summed E-state index contributed by atoms with van der Waals surface area (Å²) < 4.78 is 21.4. The Bertz CT molecular complexity index is 1300. The van der Waals surface area contributed by atoms with Crippen molar-refractivity contribution in [3.05, 3.63) is 69.4 Å². The third-order valence-electron chi connectivity index (χ3n) is 5.87. The fraction of sp³-hybridized carbons (Fsp3) is 0.231. The molecule has 0 aliphatic carbocycles. The molecule has 182 valence electrons. The minimum Gasteiger partial charge on any atom is -0.507 e. The number of thiophene rings is 1. The van der Waals surface area contributed by atoms with Gasteiger partial charge in [-0.25, -0.2) is 0 Å². The van der Waals surface area contributed by atoms with E-state index in [1.165, 1.54) is 44.7 Å². The Balaban J connectivity index is 1.98. The second-order valence-electron chi connectivity index (χ2n) is 7.77. The number of nitrogens with zero attached hydrogens (tertiary/aromatic N) is 1. The van der Waals surface area contributed by atoms with Gasteiger partial charge in [-0.3, -0.25) is 14.5 Å². The van der Waals surface area contributed by atoms with E-state index in [9.17, 15) is 14.7 Å². The molecule has 2 heterocycles. The molecule has 35 heavy (non-hydrogen) atoms. The predicted molar refractivity (Wildman–Crippen MR) is 133 cm³/mol. The maximum Gasteiger partial charge on any atom is 0.300 e. The highest BCUT2D eigenvalue weighted by Crippen LogP contribution is 2.47. The monoisotopic (exact) mass is 495 g/mol. The molecule has 3 aromatic rings. The number of methoxy groups -OCH3 is 4. The lowest BCUT2D eigenvalue weighted by atomic mass is 9.97. The highest BCUT2D eigenvalue weighted by molar-refractivity contribution is 7.10. The highest BCUT2D eigenvalue weighted by atomic mass is 32.1. The van der Waals surface area contributed by atoms with E-state index < -0.39 is 17.7 Å². The van der Waals surface area contributed by atoms with Crippen LogP contribution in [0.25, 0.3) is 5.76 Å². The second kappa shape index (κ2) is 9.71. The average Bonchev–Trinajstić information content (AvgIpc) is 3.42. The van der Waals surface area contributed by atoms with Crippen LogP contribution in [0.15, 0.2) is 53.4 Å². The molecule has 0 saturated carbocycles. The summed E-state index contributed by atoms with van der Waals surface area (Å²) in [4.78, 5) is 29.0. The highest BCUT2D eigenvalue weighted by Gasteiger charge is 2.48. The molecular weight excluding hydrogens is 470 g/mol. The minimum absolute atomic E-state index is 0.0363. The molecule has 1 saturated heterocycles. The van der Waals surface area contributed by atoms with Crippen LogP contribution in [0, 0.1) is 6.92 Å². The zero-order valence-corrected chi connectivity index (χ0v) is 20.8. The Hall–Kier alpha value is -3.98. The molecule has 2 aromatic carbocycles. The number of hydrogen-bond donors (Lipinski definition) is 1. The largest absolute Gasteiger partial charge is 0.507 e. The van der Waals surface area contributed by atoms with E-state index in [1.807, 2.05) is 18.4 Å². The zero-order chi connectivity index (χ0) is 25.3. The van der Waals surface area contributed by atoms with Gasteiger partial charge in [0, 0.05) is 29.1 Å². The molecule has 8 nitrogen and oxygen atoms in total. The van der Waals surface area contributed by atoms with Crippen LogP contribution >= 0.6 is 11.3 Å². The molecule has 1 atom stereocenters. The maximum atomic E-state index is 13.4. The normalized spacial score (nSPS) is 16.9. The summed E-state index contributed by atoms with van der Waals surface area (Å²) in [5.74, 6) is -0.171. The van der Waals surface area contributed by atoms with Crippen LogP contribution in [0.4, 0.5) is 5.69 Å². The third kappa shape index (κ3) is 4.19. The topological polar surface area (TPSA) is 94.5 Å². The van der Waals surface area contributed by atoms with Crippen LogP contribution < -0.4 is 23.8 Å². The molecule has 1 aliphatic heterocycles. The van der Waals surface area contributed by atoms with E-state index >= 15 is 0 Å². The molecular formula is C26H25NO7S. The standard InChI is InChI=1S/C26H25NO7S/c1-14-8-9-35-25(14)22-21(23(28)19-7-6-16(31-2)13-20(19)34-5)24(29)26(30)27(22)15-10-17(32-3)12-18(11-15)33-4/h6-13,22,28H,1-5H3/b23-21+. The molecule has 1 N–H and O–H groups in total. The van der Waals surface area contributed by atoms with Crippen LogP contribution in [0.1, 0.15) is 22.0 Å². The third-order valence-corrected chi connectivity index (χ3v) is 6.94. The lowest BCUT2D eigenvalue weighted by Gasteiger charge is -2.26. The number of ether oxygens (including phenoxy) is 4. The van der Waals surface area contributed by atoms with Gasteiger partial charge in [-0.1, -0.05) is 0 Å². The first-order chi connectivity index (χ1) is 16.8. The summed E-state index contributed by atoms with van der Waals surface area (Å²) in [5, 5.41) is 13.3. The molecule has 1 amide bonds. The van der Waals surface area contributed by atoms with Gasteiger partial charge in [-0.2, -0.15) is 0 Å². The van der Waals surface area contributed by atoms with Gasteiger partial charge in [0.05, 0.1) is 45.3 Å². The van der Waals surface area contributed by atoms with Crippen molar-refractivity contribution < 1.29 is 33.6 Å². The number of Topliss-reactive ketones (excluding diaryl/α,β-unsaturated/α-hetero) is 1. The number of carbonyl (C=O) groups excluding carboxylic acids is 2. The van der Waals surface area contributed by atoms with Gasteiger partial charge in [-0.05, 0) is 36.1 Å². The van der Waals surface area contributed by atoms with Crippen molar-refractivity contribution >= 4 is 34.5 Å². The Labute approximate surface area is 206 Å². The van der Waals surface area contributed by atoms with Gasteiger partial charge >= 0.3 is 0 Å². The van der Waals surface area contributed by atoms with Gasteiger partial charge < -0.3 is 24.1 Å². The summed E-state index contributed by atoms with van der Waals surface area (Å²) in [6, 6.07) is 10.9. The van der Waals surface area contributed by atoms with Gasteiger partial charge in [0.1, 0.15) is 34.8 Å². The van der Waals surface area contributed by atoms with E-state index in [0.717, 1.165) is 10.4 Å². The Morgan fingerprint density at radius 3 is 2.09 bits per heavy atom. The lowest BCUT2D eigenvalue weighted by Crippen LogP contribution is -2.29. The molecule has 0 spiro atoms. The maximum absolute atomic E-state index is 13.4. The van der Waals surface area contributed by atoms with Gasteiger partial charge in [-0.15, -0.1) is 11.3 Å². The van der Waals surface area contributed by atoms with Crippen LogP contribution in [0.2, 0.25) is 0 Å². The number of benzene rings is 2. The first-order valence-electron chi connectivity index (χ1n) is 10.6. The van der Waals surface area contributed by atoms with Crippen molar-refractivity contribution in [2.75, 3.05) is 33.3 Å². The number of aryl methyl sites for hydroxylation is 1. The SMILES string of the molecule is COc1cc(OC)cc(N2C(=O)C(=O)/C(=C(/O)c3ccc(OC)cc3OC)C2c2sccc2C)c1. The molecule has 4 rings (SSSR count). The summed E-state index contributed by atoms with van der Waals surface area (Å²) in [7, 11) is 5.97. The first kappa shape index (κ1) is 24.2. The lowest BCUT2D eigenvalue weighted by molar-refractivity contribution is -0.132. The van der Waals surface area contributed by atoms with Crippen molar-refractivity contribution in [1.29, 1.82) is 0 Å². The van der Waals surface area contributed by atoms with E-state index in [0.29, 0.717) is 28.7 Å². The van der Waals surface area contributed by atoms with Crippen LogP contribution in [0.5, 0.6) is 23.0 Å². The quantitative estimate of drug-likeness (QED) is 0.288. The minimum atomic E-state index is -0.862. The molecule has 1 unspecified atom stereocenters. The van der Waals surface area contributed by atoms with Crippen molar-refractivity contribution in [3.63, 3.8) is 0 Å². The molecule has 1 aliphatic rings. The van der Waals surface area contributed by atoms with Crippen LogP contribution in [-0.2, 0) is 9.59 Å². The Morgan fingerprint density at radius 1 is 0.886 bits per heavy atom. The van der Waals surface area contributed by atoms with E-state index in [2.05, 4.69) is 0 Å². The second-order valence-corrected chi connectivity index (χ2v) is 8.72. The fourth-order valence-corrected chi connectivity index (χ4v) is 5.11. The Morgan fingerprint density at radius 2 is 1.54 bits per heavy atom. The number of aliphatic hydroxyl groups is 1. The molecule has 0 radical (unpaired) electrons. The number of carbonyl (C=O) groups is 2. The summed E-state index contributed by atoms with van der Waals surface area (Å²) in [6.45, 7) is 1.89. The number of anilines is 1. The molecule has 1 aromatic heterocycles. The number of rotatable bonds is 7. The van der Waals surface area contributed by atoms with Crippen molar-refractivity contribution in [2.24, 2.45) is 0 Å². The van der Waals surface area contributed by atoms with Crippen molar-refractivity contribution in [1.82, 2.24) is 0 Å². The fourth-order valence-electron chi connectivity index (χ4n) is 4.08. The van der Waals surface area contributed by atoms with Gasteiger partial charge in [0.2, 0.25) is 0 Å². The van der Waals surface area contributed by atoms with Crippen molar-refractivity contribution in [2.45, 2.75) is 13.0 Å². The van der Waals surface area contributed by atoms with E-state index in [-0.39, 0.29) is 16.9 Å². The summed E-state index contributed by atoms with van der Waals surface area (Å²) in [6.07, 6.45) is 0. The van der Waals surface area contributed by atoms with Crippen LogP contribution in [0.3, 0.4) is 0 Å². The first-order valence-corrected chi connectivity index (χ1v) is 11.5. The molecule has 0 bridgehead atoms. The van der Waals surface area contributed by atoms with Gasteiger partial charge in [0.25, 0.3) is 11.7 Å². The number of ketones is 1. The average molecular weight is 496 g/mol. The number of amides is 1. The summed E-state index contributed by atoms with van der Waals surface area (Å²) >= 11 is 1.40. The molecule has 9 heteroatoms. The van der Waals surface area contributed by atoms with Crippen molar-refractivity contribution in [3.8, 4) is 23.0 Å². The summed E-state index contributed by atoms with van der Waals surface area (Å²) in [5.41, 5.74) is 1.52. The van der Waals surface area contributed by atoms with E-state index in [4.69, 9.17) is 18.9 Å². The number of aliphatic hydroxyl groups excluding tert-OH is 1. The Kier molecular flexibility index (Phi) is 6.70. The van der Waals surface area contributed by atoms with Gasteiger partial charge in [0.15, 0.2) is 0 Å². The smallest absolute Gasteiger partial charge is 0.300 e. The zero-order valence-electron chi connectivity index (χ0n) is 19.9. The predicted octanol–water partition coefficient (Wildman–Crippen LogP) is 4.72. The van der Waals surface area contributed by atoms with E-state index in [1.54, 1.807) is 36.4 Å². The molecule has 1 fully saturated rings. The number of hydrogen-bond acceptors (Lipinski definition) is 8. The van der Waals surface area contributed by atoms with Crippen LogP contribution in [-0.4, -0.2) is 45.2 Å².